The fraction of sp³-hybridized carbons (Fsp3) is 0.368. The summed E-state index contributed by atoms with van der Waals surface area (Å²) in [6, 6.07) is 12.5. The highest BCUT2D eigenvalue weighted by Crippen LogP contribution is 2.27. The molecule has 2 aromatic carbocycles. The molecule has 0 aliphatic carbocycles. The molecular formula is C19H24ClN3O3S. The van der Waals surface area contributed by atoms with Crippen molar-refractivity contribution in [3.05, 3.63) is 53.1 Å². The highest BCUT2D eigenvalue weighted by atomic mass is 35.5. The standard InChI is InChI=1S/C19H24ClN3O3S/c1-22-9-11-23(12-10-22)17-6-3-15(4-7-17)14-21-27(24,25)19-13-16(20)5-8-18(19)26-2/h3-8,13,21H,9-12,14H2,1-2H3. The lowest BCUT2D eigenvalue weighted by molar-refractivity contribution is 0.313. The van der Waals surface area contributed by atoms with E-state index in [1.807, 2.05) is 24.3 Å². The van der Waals surface area contributed by atoms with Crippen LogP contribution in [0.2, 0.25) is 5.02 Å². The highest BCUT2D eigenvalue weighted by molar-refractivity contribution is 7.89. The zero-order valence-electron chi connectivity index (χ0n) is 15.5. The van der Waals surface area contributed by atoms with Crippen LogP contribution in [0, 0.1) is 0 Å². The molecule has 146 valence electrons. The Hall–Kier alpha value is -1.80. The van der Waals surface area contributed by atoms with Gasteiger partial charge in [-0.05, 0) is 42.9 Å². The Balaban J connectivity index is 1.67. The van der Waals surface area contributed by atoms with Crippen molar-refractivity contribution in [2.24, 2.45) is 0 Å². The number of piperazine rings is 1. The van der Waals surface area contributed by atoms with Crippen LogP contribution in [-0.2, 0) is 16.6 Å². The first-order chi connectivity index (χ1) is 12.9. The van der Waals surface area contributed by atoms with Gasteiger partial charge in [0.05, 0.1) is 7.11 Å². The van der Waals surface area contributed by atoms with Crippen LogP contribution in [-0.4, -0.2) is 53.7 Å². The van der Waals surface area contributed by atoms with Gasteiger partial charge in [-0.3, -0.25) is 0 Å². The van der Waals surface area contributed by atoms with Crippen molar-refractivity contribution in [1.29, 1.82) is 0 Å². The number of benzene rings is 2. The molecule has 0 saturated carbocycles. The molecule has 6 nitrogen and oxygen atoms in total. The van der Waals surface area contributed by atoms with Crippen LogP contribution in [0.15, 0.2) is 47.4 Å². The molecule has 0 radical (unpaired) electrons. The molecule has 1 aliphatic heterocycles. The average Bonchev–Trinajstić information content (AvgIpc) is 2.67. The molecule has 1 aliphatic rings. The topological polar surface area (TPSA) is 61.9 Å². The fourth-order valence-corrected chi connectivity index (χ4v) is 4.45. The summed E-state index contributed by atoms with van der Waals surface area (Å²) in [7, 11) is -0.179. The molecule has 27 heavy (non-hydrogen) atoms. The third-order valence-electron chi connectivity index (χ3n) is 4.69. The number of likely N-dealkylation sites (N-methyl/N-ethyl adjacent to an activating group) is 1. The average molecular weight is 410 g/mol. The van der Waals surface area contributed by atoms with E-state index in [9.17, 15) is 8.42 Å². The van der Waals surface area contributed by atoms with E-state index in [1.165, 1.54) is 13.2 Å². The summed E-state index contributed by atoms with van der Waals surface area (Å²) in [4.78, 5) is 4.68. The first-order valence-electron chi connectivity index (χ1n) is 8.75. The van der Waals surface area contributed by atoms with E-state index < -0.39 is 10.0 Å². The summed E-state index contributed by atoms with van der Waals surface area (Å²) in [5, 5.41) is 0.340. The van der Waals surface area contributed by atoms with Gasteiger partial charge in [0.1, 0.15) is 10.6 Å². The molecule has 0 amide bonds. The molecule has 0 spiro atoms. The summed E-state index contributed by atoms with van der Waals surface area (Å²) in [5.74, 6) is 0.261. The number of hydrogen-bond acceptors (Lipinski definition) is 5. The van der Waals surface area contributed by atoms with Gasteiger partial charge < -0.3 is 14.5 Å². The molecule has 0 aromatic heterocycles. The quantitative estimate of drug-likeness (QED) is 0.794. The number of ether oxygens (including phenoxy) is 1. The van der Waals surface area contributed by atoms with E-state index in [4.69, 9.17) is 16.3 Å². The van der Waals surface area contributed by atoms with Crippen molar-refractivity contribution < 1.29 is 13.2 Å². The van der Waals surface area contributed by atoms with Crippen LogP contribution < -0.4 is 14.4 Å². The Labute approximate surface area is 165 Å². The minimum atomic E-state index is -3.74. The molecule has 1 saturated heterocycles. The lowest BCUT2D eigenvalue weighted by Gasteiger charge is -2.34. The minimum absolute atomic E-state index is 0.0338. The summed E-state index contributed by atoms with van der Waals surface area (Å²) < 4.78 is 33.0. The molecule has 0 atom stereocenters. The van der Waals surface area contributed by atoms with Crippen molar-refractivity contribution >= 4 is 27.3 Å². The number of hydrogen-bond donors (Lipinski definition) is 1. The highest BCUT2D eigenvalue weighted by Gasteiger charge is 2.20. The maximum absolute atomic E-state index is 12.6. The molecule has 0 bridgehead atoms. The Morgan fingerprint density at radius 3 is 2.37 bits per heavy atom. The Kier molecular flexibility index (Phi) is 6.26. The number of nitrogens with one attached hydrogen (secondary N) is 1. The molecule has 8 heteroatoms. The van der Waals surface area contributed by atoms with Gasteiger partial charge in [-0.15, -0.1) is 0 Å². The molecule has 2 aromatic rings. The zero-order valence-corrected chi connectivity index (χ0v) is 17.1. The summed E-state index contributed by atoms with van der Waals surface area (Å²) in [6.45, 7) is 4.28. The number of rotatable bonds is 6. The van der Waals surface area contributed by atoms with Gasteiger partial charge in [0.25, 0.3) is 0 Å². The smallest absolute Gasteiger partial charge is 0.244 e. The van der Waals surface area contributed by atoms with E-state index in [2.05, 4.69) is 21.6 Å². The van der Waals surface area contributed by atoms with E-state index in [1.54, 1.807) is 12.1 Å². The second-order valence-electron chi connectivity index (χ2n) is 6.58. The number of anilines is 1. The van der Waals surface area contributed by atoms with Crippen molar-refractivity contribution in [1.82, 2.24) is 9.62 Å². The van der Waals surface area contributed by atoms with Crippen molar-refractivity contribution in [3.63, 3.8) is 0 Å². The van der Waals surface area contributed by atoms with Gasteiger partial charge >= 0.3 is 0 Å². The molecule has 1 fully saturated rings. The lowest BCUT2D eigenvalue weighted by Crippen LogP contribution is -2.44. The predicted molar refractivity (Wildman–Crippen MR) is 108 cm³/mol. The van der Waals surface area contributed by atoms with Gasteiger partial charge in [0.15, 0.2) is 0 Å². The second kappa shape index (κ2) is 8.48. The molecule has 3 rings (SSSR count). The van der Waals surface area contributed by atoms with Gasteiger partial charge in [0.2, 0.25) is 10.0 Å². The van der Waals surface area contributed by atoms with Crippen LogP contribution in [0.4, 0.5) is 5.69 Å². The predicted octanol–water partition coefficient (Wildman–Crippen LogP) is 2.58. The van der Waals surface area contributed by atoms with E-state index in [0.29, 0.717) is 5.02 Å². The van der Waals surface area contributed by atoms with E-state index in [-0.39, 0.29) is 17.2 Å². The van der Waals surface area contributed by atoms with E-state index in [0.717, 1.165) is 37.4 Å². The number of halogens is 1. The third-order valence-corrected chi connectivity index (χ3v) is 6.34. The molecule has 1 heterocycles. The van der Waals surface area contributed by atoms with Crippen LogP contribution in [0.25, 0.3) is 0 Å². The van der Waals surface area contributed by atoms with Crippen molar-refractivity contribution in [2.75, 3.05) is 45.2 Å². The minimum Gasteiger partial charge on any atom is -0.495 e. The van der Waals surface area contributed by atoms with Crippen LogP contribution in [0.5, 0.6) is 5.75 Å². The normalized spacial score (nSPS) is 15.7. The fourth-order valence-electron chi connectivity index (χ4n) is 3.01. The van der Waals surface area contributed by atoms with Crippen LogP contribution in [0.3, 0.4) is 0 Å². The third kappa shape index (κ3) is 4.93. The maximum Gasteiger partial charge on any atom is 0.244 e. The van der Waals surface area contributed by atoms with Crippen LogP contribution in [0.1, 0.15) is 5.56 Å². The number of sulfonamides is 1. The maximum atomic E-state index is 12.6. The summed E-state index contributed by atoms with van der Waals surface area (Å²) in [5.41, 5.74) is 2.05. The molecule has 0 unspecified atom stereocenters. The van der Waals surface area contributed by atoms with Crippen molar-refractivity contribution in [2.45, 2.75) is 11.4 Å². The summed E-state index contributed by atoms with van der Waals surface area (Å²) in [6.07, 6.45) is 0. The number of methoxy groups -OCH3 is 1. The Morgan fingerprint density at radius 1 is 1.07 bits per heavy atom. The first kappa shape index (κ1) is 19.9. The van der Waals surface area contributed by atoms with Gasteiger partial charge in [-0.2, -0.15) is 0 Å². The zero-order chi connectivity index (χ0) is 19.4. The van der Waals surface area contributed by atoms with Gasteiger partial charge in [0, 0.05) is 43.4 Å². The molecular weight excluding hydrogens is 386 g/mol. The van der Waals surface area contributed by atoms with Crippen molar-refractivity contribution in [3.8, 4) is 5.75 Å². The monoisotopic (exact) mass is 409 g/mol. The lowest BCUT2D eigenvalue weighted by atomic mass is 10.2. The summed E-state index contributed by atoms with van der Waals surface area (Å²) >= 11 is 5.94. The molecule has 1 N–H and O–H groups in total. The largest absolute Gasteiger partial charge is 0.495 e. The number of nitrogens with zero attached hydrogens (tertiary/aromatic N) is 2. The first-order valence-corrected chi connectivity index (χ1v) is 10.6. The Bertz CT molecular complexity index is 880. The van der Waals surface area contributed by atoms with Gasteiger partial charge in [-0.1, -0.05) is 23.7 Å². The van der Waals surface area contributed by atoms with E-state index >= 15 is 0 Å². The van der Waals surface area contributed by atoms with Crippen LogP contribution >= 0.6 is 11.6 Å². The van der Waals surface area contributed by atoms with Gasteiger partial charge in [-0.25, -0.2) is 13.1 Å². The Morgan fingerprint density at radius 2 is 1.74 bits per heavy atom. The second-order valence-corrected chi connectivity index (χ2v) is 8.75. The SMILES string of the molecule is COc1ccc(Cl)cc1S(=O)(=O)NCc1ccc(N2CCN(C)CC2)cc1.